The van der Waals surface area contributed by atoms with Gasteiger partial charge >= 0.3 is 0 Å². The van der Waals surface area contributed by atoms with Gasteiger partial charge in [-0.25, -0.2) is 0 Å². The van der Waals surface area contributed by atoms with Crippen molar-refractivity contribution in [1.29, 1.82) is 0 Å². The van der Waals surface area contributed by atoms with E-state index in [0.29, 0.717) is 19.4 Å². The molecule has 0 aromatic heterocycles. The highest BCUT2D eigenvalue weighted by atomic mass is 16.2. The van der Waals surface area contributed by atoms with Gasteiger partial charge in [-0.1, -0.05) is 80.8 Å². The van der Waals surface area contributed by atoms with E-state index in [1.807, 2.05) is 61.2 Å². The summed E-state index contributed by atoms with van der Waals surface area (Å²) in [5.41, 5.74) is 3.32. The Morgan fingerprint density at radius 1 is 1.00 bits per heavy atom. The quantitative estimate of drug-likeness (QED) is 0.631. The van der Waals surface area contributed by atoms with Crippen molar-refractivity contribution in [2.75, 3.05) is 6.54 Å². The number of carbonyl (C=O) groups is 2. The van der Waals surface area contributed by atoms with Gasteiger partial charge in [-0.2, -0.15) is 0 Å². The Kier molecular flexibility index (Phi) is 8.69. The number of nitrogens with zero attached hydrogens (tertiary/aromatic N) is 1. The minimum absolute atomic E-state index is 0.000551. The fraction of sp³-hybridized carbons (Fsp3) is 0.481. The largest absolute Gasteiger partial charge is 0.352 e. The lowest BCUT2D eigenvalue weighted by molar-refractivity contribution is -0.140. The summed E-state index contributed by atoms with van der Waals surface area (Å²) in [6.45, 7) is 4.58. The fourth-order valence-electron chi connectivity index (χ4n) is 4.51. The maximum atomic E-state index is 13.4. The van der Waals surface area contributed by atoms with Crippen LogP contribution in [0.3, 0.4) is 0 Å². The van der Waals surface area contributed by atoms with Crippen molar-refractivity contribution < 1.29 is 9.59 Å². The SMILES string of the molecule is CCC(C(=O)NC1CCCCC1)N(CCc1ccccc1)C(=O)Cc1ccccc1C. The zero-order valence-electron chi connectivity index (χ0n) is 19.0. The molecule has 3 rings (SSSR count). The van der Waals surface area contributed by atoms with Crippen LogP contribution in [0.4, 0.5) is 0 Å². The van der Waals surface area contributed by atoms with E-state index in [-0.39, 0.29) is 17.9 Å². The lowest BCUT2D eigenvalue weighted by Gasteiger charge is -2.33. The van der Waals surface area contributed by atoms with E-state index < -0.39 is 6.04 Å². The molecule has 1 atom stereocenters. The Bertz CT molecular complexity index is 843. The third kappa shape index (κ3) is 6.68. The molecule has 0 saturated heterocycles. The maximum absolute atomic E-state index is 13.4. The van der Waals surface area contributed by atoms with Gasteiger partial charge in [0.1, 0.15) is 6.04 Å². The number of amides is 2. The molecular formula is C27H36N2O2. The van der Waals surface area contributed by atoms with Gasteiger partial charge in [0.2, 0.25) is 11.8 Å². The molecule has 1 unspecified atom stereocenters. The van der Waals surface area contributed by atoms with Gasteiger partial charge in [0.15, 0.2) is 0 Å². The van der Waals surface area contributed by atoms with Crippen LogP contribution in [0.15, 0.2) is 54.6 Å². The summed E-state index contributed by atoms with van der Waals surface area (Å²) in [5, 5.41) is 3.25. The van der Waals surface area contributed by atoms with Crippen LogP contribution < -0.4 is 5.32 Å². The molecule has 166 valence electrons. The molecule has 4 heteroatoms. The minimum Gasteiger partial charge on any atom is -0.352 e. The van der Waals surface area contributed by atoms with Crippen molar-refractivity contribution in [2.45, 2.75) is 77.3 Å². The smallest absolute Gasteiger partial charge is 0.243 e. The van der Waals surface area contributed by atoms with Crippen molar-refractivity contribution in [3.63, 3.8) is 0 Å². The molecule has 1 N–H and O–H groups in total. The van der Waals surface area contributed by atoms with Gasteiger partial charge in [0, 0.05) is 12.6 Å². The second-order valence-corrected chi connectivity index (χ2v) is 8.69. The number of carbonyl (C=O) groups excluding carboxylic acids is 2. The van der Waals surface area contributed by atoms with Crippen molar-refractivity contribution in [1.82, 2.24) is 10.2 Å². The molecule has 2 aromatic rings. The molecule has 2 aromatic carbocycles. The van der Waals surface area contributed by atoms with Gasteiger partial charge in [0.25, 0.3) is 0 Å². The van der Waals surface area contributed by atoms with Crippen LogP contribution in [0.5, 0.6) is 0 Å². The zero-order valence-corrected chi connectivity index (χ0v) is 19.0. The van der Waals surface area contributed by atoms with Crippen LogP contribution in [-0.2, 0) is 22.4 Å². The van der Waals surface area contributed by atoms with Crippen molar-refractivity contribution in [3.8, 4) is 0 Å². The monoisotopic (exact) mass is 420 g/mol. The maximum Gasteiger partial charge on any atom is 0.243 e. The van der Waals surface area contributed by atoms with E-state index in [2.05, 4.69) is 17.4 Å². The lowest BCUT2D eigenvalue weighted by atomic mass is 9.95. The van der Waals surface area contributed by atoms with Gasteiger partial charge in [-0.15, -0.1) is 0 Å². The number of hydrogen-bond donors (Lipinski definition) is 1. The molecule has 1 aliphatic carbocycles. The highest BCUT2D eigenvalue weighted by molar-refractivity contribution is 5.88. The minimum atomic E-state index is -0.429. The summed E-state index contributed by atoms with van der Waals surface area (Å²) in [6, 6.07) is 18.0. The number of nitrogens with one attached hydrogen (secondary N) is 1. The number of benzene rings is 2. The summed E-state index contributed by atoms with van der Waals surface area (Å²) in [4.78, 5) is 28.5. The van der Waals surface area contributed by atoms with Crippen molar-refractivity contribution in [3.05, 3.63) is 71.3 Å². The van der Waals surface area contributed by atoms with E-state index >= 15 is 0 Å². The summed E-state index contributed by atoms with van der Waals surface area (Å²) in [6.07, 6.45) is 7.38. The summed E-state index contributed by atoms with van der Waals surface area (Å²) >= 11 is 0. The normalized spacial score (nSPS) is 15.3. The summed E-state index contributed by atoms with van der Waals surface area (Å²) < 4.78 is 0. The second kappa shape index (κ2) is 11.7. The molecule has 2 amide bonds. The van der Waals surface area contributed by atoms with Crippen LogP contribution in [0.25, 0.3) is 0 Å². The van der Waals surface area contributed by atoms with E-state index in [0.717, 1.165) is 30.4 Å². The average Bonchev–Trinajstić information content (AvgIpc) is 2.79. The van der Waals surface area contributed by atoms with Crippen LogP contribution in [0.2, 0.25) is 0 Å². The third-order valence-corrected chi connectivity index (χ3v) is 6.42. The highest BCUT2D eigenvalue weighted by Gasteiger charge is 2.30. The van der Waals surface area contributed by atoms with Crippen LogP contribution in [0.1, 0.15) is 62.1 Å². The van der Waals surface area contributed by atoms with Gasteiger partial charge in [0.05, 0.1) is 6.42 Å². The van der Waals surface area contributed by atoms with E-state index in [1.54, 1.807) is 0 Å². The highest BCUT2D eigenvalue weighted by Crippen LogP contribution is 2.19. The summed E-state index contributed by atoms with van der Waals surface area (Å²) in [5.74, 6) is 0.0245. The predicted molar refractivity (Wildman–Crippen MR) is 126 cm³/mol. The zero-order chi connectivity index (χ0) is 22.1. The Labute approximate surface area is 187 Å². The number of aryl methyl sites for hydroxylation is 1. The topological polar surface area (TPSA) is 49.4 Å². The van der Waals surface area contributed by atoms with Crippen LogP contribution in [0, 0.1) is 6.92 Å². The van der Waals surface area contributed by atoms with E-state index in [4.69, 9.17) is 0 Å². The molecule has 0 aliphatic heterocycles. The first-order valence-corrected chi connectivity index (χ1v) is 11.8. The van der Waals surface area contributed by atoms with Crippen LogP contribution >= 0.6 is 0 Å². The first kappa shape index (κ1) is 23.1. The third-order valence-electron chi connectivity index (χ3n) is 6.42. The van der Waals surface area contributed by atoms with Gasteiger partial charge in [-0.3, -0.25) is 9.59 Å². The molecular weight excluding hydrogens is 384 g/mol. The van der Waals surface area contributed by atoms with Gasteiger partial charge in [-0.05, 0) is 49.3 Å². The van der Waals surface area contributed by atoms with Crippen LogP contribution in [-0.4, -0.2) is 35.3 Å². The van der Waals surface area contributed by atoms with E-state index in [1.165, 1.54) is 24.8 Å². The Morgan fingerprint density at radius 3 is 2.35 bits per heavy atom. The van der Waals surface area contributed by atoms with E-state index in [9.17, 15) is 9.59 Å². The first-order valence-electron chi connectivity index (χ1n) is 11.8. The predicted octanol–water partition coefficient (Wildman–Crippen LogP) is 4.84. The number of rotatable bonds is 9. The first-order chi connectivity index (χ1) is 15.1. The molecule has 0 spiro atoms. The molecule has 1 fully saturated rings. The molecule has 31 heavy (non-hydrogen) atoms. The molecule has 0 bridgehead atoms. The molecule has 0 heterocycles. The molecule has 1 saturated carbocycles. The molecule has 1 aliphatic rings. The Morgan fingerprint density at radius 2 is 1.68 bits per heavy atom. The number of hydrogen-bond acceptors (Lipinski definition) is 2. The Hall–Kier alpha value is -2.62. The Balaban J connectivity index is 1.75. The second-order valence-electron chi connectivity index (χ2n) is 8.69. The van der Waals surface area contributed by atoms with Crippen molar-refractivity contribution in [2.24, 2.45) is 0 Å². The average molecular weight is 421 g/mol. The lowest BCUT2D eigenvalue weighted by Crippen LogP contribution is -2.52. The molecule has 0 radical (unpaired) electrons. The van der Waals surface area contributed by atoms with Crippen molar-refractivity contribution >= 4 is 11.8 Å². The summed E-state index contributed by atoms with van der Waals surface area (Å²) in [7, 11) is 0. The standard InChI is InChI=1S/C27H36N2O2/c1-3-25(27(31)28-24-16-8-5-9-17-24)29(19-18-22-13-6-4-7-14-22)26(30)20-23-15-11-10-12-21(23)2/h4,6-7,10-15,24-25H,3,5,8-9,16-20H2,1-2H3,(H,28,31). The molecule has 4 nitrogen and oxygen atoms in total. The van der Waals surface area contributed by atoms with Gasteiger partial charge < -0.3 is 10.2 Å². The fourth-order valence-corrected chi connectivity index (χ4v) is 4.51.